The second-order valence-corrected chi connectivity index (χ2v) is 12.2. The van der Waals surface area contributed by atoms with Crippen LogP contribution in [0, 0.1) is 5.92 Å². The molecule has 3 heterocycles. The molecule has 0 aliphatic carbocycles. The number of thiazole rings is 1. The lowest BCUT2D eigenvalue weighted by atomic mass is 9.83. The van der Waals surface area contributed by atoms with E-state index in [1.165, 1.54) is 16.7 Å². The summed E-state index contributed by atoms with van der Waals surface area (Å²) in [7, 11) is 0. The SMILES string of the molecule is O=C1[C@H]2[C@H](c3ccc(OCc4cccc(Cl)c4)cc3)c3sc(=O)[nH]c3S[C@H]2C(=O)N1c1ccc(Br)cc1. The molecule has 0 radical (unpaired) electrons. The summed E-state index contributed by atoms with van der Waals surface area (Å²) in [5, 5.41) is 0.675. The second kappa shape index (κ2) is 9.79. The number of imide groups is 1. The molecule has 3 aromatic carbocycles. The first-order chi connectivity index (χ1) is 17.9. The van der Waals surface area contributed by atoms with Crippen molar-refractivity contribution in [2.75, 3.05) is 4.90 Å². The van der Waals surface area contributed by atoms with Gasteiger partial charge in [-0.25, -0.2) is 4.90 Å². The van der Waals surface area contributed by atoms with Crippen molar-refractivity contribution in [1.29, 1.82) is 0 Å². The van der Waals surface area contributed by atoms with E-state index in [0.29, 0.717) is 28.1 Å². The van der Waals surface area contributed by atoms with Crippen LogP contribution in [0.2, 0.25) is 5.02 Å². The van der Waals surface area contributed by atoms with E-state index in [1.54, 1.807) is 24.3 Å². The van der Waals surface area contributed by atoms with Gasteiger partial charge in [-0.05, 0) is 59.7 Å². The third-order valence-corrected chi connectivity index (χ3v) is 9.61. The number of nitrogens with one attached hydrogen (secondary N) is 1. The highest BCUT2D eigenvalue weighted by Gasteiger charge is 2.56. The lowest BCUT2D eigenvalue weighted by Gasteiger charge is -2.29. The number of anilines is 1. The minimum absolute atomic E-state index is 0.200. The zero-order valence-corrected chi connectivity index (χ0v) is 23.0. The number of aromatic nitrogens is 1. The van der Waals surface area contributed by atoms with Gasteiger partial charge in [0, 0.05) is 20.3 Å². The average molecular weight is 614 g/mol. The molecule has 0 spiro atoms. The van der Waals surface area contributed by atoms with E-state index >= 15 is 0 Å². The standard InChI is InChI=1S/C27H18BrClN2O4S2/c28-16-6-8-18(9-7-16)31-25(32)21-20(22-24(30-27(34)37-22)36-23(21)26(31)33)15-4-10-19(11-5-15)35-13-14-2-1-3-17(29)12-14/h1-12,20-21,23H,13H2,(H,30,34)/t20-,21-,23+/m0/s1. The van der Waals surface area contributed by atoms with Gasteiger partial charge in [-0.2, -0.15) is 0 Å². The quantitative estimate of drug-likeness (QED) is 0.270. The molecule has 1 aromatic heterocycles. The molecule has 0 bridgehead atoms. The molecule has 2 amide bonds. The lowest BCUT2D eigenvalue weighted by Crippen LogP contribution is -2.32. The molecule has 37 heavy (non-hydrogen) atoms. The molecular formula is C27H18BrClN2O4S2. The van der Waals surface area contributed by atoms with Gasteiger partial charge in [0.05, 0.1) is 16.6 Å². The number of halogens is 2. The number of carbonyl (C=O) groups excluding carboxylic acids is 2. The van der Waals surface area contributed by atoms with Crippen molar-refractivity contribution in [1.82, 2.24) is 4.98 Å². The largest absolute Gasteiger partial charge is 0.489 e. The zero-order chi connectivity index (χ0) is 25.7. The first-order valence-electron chi connectivity index (χ1n) is 11.4. The maximum Gasteiger partial charge on any atom is 0.305 e. The Morgan fingerprint density at radius 2 is 1.73 bits per heavy atom. The van der Waals surface area contributed by atoms with Gasteiger partial charge in [0.25, 0.3) is 0 Å². The first kappa shape index (κ1) is 24.5. The van der Waals surface area contributed by atoms with Crippen molar-refractivity contribution < 1.29 is 14.3 Å². The highest BCUT2D eigenvalue weighted by molar-refractivity contribution is 9.10. The van der Waals surface area contributed by atoms with Crippen LogP contribution < -0.4 is 14.5 Å². The number of ether oxygens (including phenoxy) is 1. The number of rotatable bonds is 5. The average Bonchev–Trinajstić information content (AvgIpc) is 3.38. The molecule has 6 rings (SSSR count). The Bertz CT molecular complexity index is 1570. The van der Waals surface area contributed by atoms with Gasteiger partial charge in [0.15, 0.2) is 0 Å². The molecule has 4 aromatic rings. The number of amides is 2. The first-order valence-corrected chi connectivity index (χ1v) is 14.3. The Hall–Kier alpha value is -2.85. The number of hydrogen-bond acceptors (Lipinski definition) is 6. The van der Waals surface area contributed by atoms with Crippen LogP contribution in [0.1, 0.15) is 21.9 Å². The highest BCUT2D eigenvalue weighted by atomic mass is 79.9. The Balaban J connectivity index is 1.32. The Morgan fingerprint density at radius 3 is 2.46 bits per heavy atom. The number of H-pyrrole nitrogens is 1. The second-order valence-electron chi connectivity index (χ2n) is 8.73. The van der Waals surface area contributed by atoms with Crippen LogP contribution >= 0.6 is 50.6 Å². The molecule has 0 saturated carbocycles. The molecule has 2 aliphatic heterocycles. The van der Waals surface area contributed by atoms with E-state index in [9.17, 15) is 14.4 Å². The van der Waals surface area contributed by atoms with E-state index in [1.807, 2.05) is 48.5 Å². The summed E-state index contributed by atoms with van der Waals surface area (Å²) >= 11 is 11.8. The van der Waals surface area contributed by atoms with E-state index < -0.39 is 17.1 Å². The zero-order valence-electron chi connectivity index (χ0n) is 19.0. The van der Waals surface area contributed by atoms with Gasteiger partial charge < -0.3 is 9.72 Å². The smallest absolute Gasteiger partial charge is 0.305 e. The number of hydrogen-bond donors (Lipinski definition) is 1. The fraction of sp³-hybridized carbons (Fsp3) is 0.148. The molecule has 2 aliphatic rings. The molecule has 186 valence electrons. The fourth-order valence-corrected chi connectivity index (χ4v) is 7.78. The predicted octanol–water partition coefficient (Wildman–Crippen LogP) is 6.23. The normalized spacial score (nSPS) is 20.6. The van der Waals surface area contributed by atoms with Gasteiger partial charge in [-0.3, -0.25) is 14.4 Å². The van der Waals surface area contributed by atoms with Crippen LogP contribution in [-0.4, -0.2) is 22.0 Å². The van der Waals surface area contributed by atoms with Crippen molar-refractivity contribution in [3.63, 3.8) is 0 Å². The Kier molecular flexibility index (Phi) is 6.48. The summed E-state index contributed by atoms with van der Waals surface area (Å²) in [5.74, 6) is -0.922. The third-order valence-electron chi connectivity index (χ3n) is 6.44. The summed E-state index contributed by atoms with van der Waals surface area (Å²) in [5.41, 5.74) is 2.34. The lowest BCUT2D eigenvalue weighted by molar-refractivity contribution is -0.122. The number of carbonyl (C=O) groups is 2. The van der Waals surface area contributed by atoms with Crippen LogP contribution in [0.3, 0.4) is 0 Å². The number of thioether (sulfide) groups is 1. The molecule has 1 fully saturated rings. The Labute approximate surface area is 233 Å². The molecule has 1 saturated heterocycles. The van der Waals surface area contributed by atoms with Crippen molar-refractivity contribution in [3.8, 4) is 5.75 Å². The third kappa shape index (κ3) is 4.54. The topological polar surface area (TPSA) is 79.5 Å². The molecule has 10 heteroatoms. The van der Waals surface area contributed by atoms with Crippen molar-refractivity contribution in [2.24, 2.45) is 5.92 Å². The van der Waals surface area contributed by atoms with Gasteiger partial charge in [-0.1, -0.05) is 74.9 Å². The van der Waals surface area contributed by atoms with Gasteiger partial charge in [-0.15, -0.1) is 0 Å². The summed E-state index contributed by atoms with van der Waals surface area (Å²) in [6.07, 6.45) is 0. The van der Waals surface area contributed by atoms with Crippen LogP contribution in [0.4, 0.5) is 5.69 Å². The van der Waals surface area contributed by atoms with E-state index in [4.69, 9.17) is 16.3 Å². The summed E-state index contributed by atoms with van der Waals surface area (Å²) in [4.78, 5) is 44.2. The van der Waals surface area contributed by atoms with E-state index in [0.717, 1.165) is 31.8 Å². The van der Waals surface area contributed by atoms with Gasteiger partial charge in [0.1, 0.15) is 17.6 Å². The summed E-state index contributed by atoms with van der Waals surface area (Å²) < 4.78 is 6.78. The molecule has 6 nitrogen and oxygen atoms in total. The van der Waals surface area contributed by atoms with E-state index in [-0.39, 0.29) is 16.7 Å². The molecule has 0 unspecified atom stereocenters. The van der Waals surface area contributed by atoms with Crippen LogP contribution in [0.15, 0.2) is 87.1 Å². The number of fused-ring (bicyclic) bond motifs is 2. The maximum atomic E-state index is 13.8. The van der Waals surface area contributed by atoms with Gasteiger partial charge in [0.2, 0.25) is 11.8 Å². The number of aromatic amines is 1. The van der Waals surface area contributed by atoms with Crippen molar-refractivity contribution in [3.05, 3.63) is 108 Å². The van der Waals surface area contributed by atoms with Crippen LogP contribution in [0.5, 0.6) is 5.75 Å². The number of benzene rings is 3. The molecular weight excluding hydrogens is 596 g/mol. The summed E-state index contributed by atoms with van der Waals surface area (Å²) in [6, 6.07) is 22.1. The maximum absolute atomic E-state index is 13.8. The summed E-state index contributed by atoms with van der Waals surface area (Å²) in [6.45, 7) is 0.364. The van der Waals surface area contributed by atoms with Crippen LogP contribution in [0.25, 0.3) is 0 Å². The predicted molar refractivity (Wildman–Crippen MR) is 149 cm³/mol. The molecule has 1 N–H and O–H groups in total. The number of nitrogens with zero attached hydrogens (tertiary/aromatic N) is 1. The highest BCUT2D eigenvalue weighted by Crippen LogP contribution is 2.53. The Morgan fingerprint density at radius 1 is 0.973 bits per heavy atom. The van der Waals surface area contributed by atoms with Crippen LogP contribution in [-0.2, 0) is 16.2 Å². The van der Waals surface area contributed by atoms with Gasteiger partial charge >= 0.3 is 4.87 Å². The minimum Gasteiger partial charge on any atom is -0.489 e. The van der Waals surface area contributed by atoms with Crippen molar-refractivity contribution >= 4 is 68.1 Å². The fourth-order valence-electron chi connectivity index (χ4n) is 4.79. The monoisotopic (exact) mass is 612 g/mol. The molecule has 3 atom stereocenters. The van der Waals surface area contributed by atoms with E-state index in [2.05, 4.69) is 20.9 Å². The minimum atomic E-state index is -0.627. The van der Waals surface area contributed by atoms with Crippen molar-refractivity contribution in [2.45, 2.75) is 22.8 Å².